The average molecular weight is 383 g/mol. The number of ether oxygens (including phenoxy) is 1. The lowest BCUT2D eigenvalue weighted by molar-refractivity contribution is -0.384. The molecule has 0 saturated carbocycles. The zero-order valence-electron chi connectivity index (χ0n) is 16.4. The number of benzene rings is 2. The third-order valence-corrected chi connectivity index (χ3v) is 4.90. The monoisotopic (exact) mass is 383 g/mol. The first-order chi connectivity index (χ1) is 13.3. The van der Waals surface area contributed by atoms with E-state index in [4.69, 9.17) is 4.74 Å². The Morgan fingerprint density at radius 1 is 1.00 bits per heavy atom. The van der Waals surface area contributed by atoms with Gasteiger partial charge in [0.05, 0.1) is 4.92 Å². The van der Waals surface area contributed by atoms with Crippen LogP contribution in [0.3, 0.4) is 0 Å². The summed E-state index contributed by atoms with van der Waals surface area (Å²) in [6.07, 6.45) is 0. The van der Waals surface area contributed by atoms with Crippen LogP contribution in [0, 0.1) is 17.0 Å². The molecule has 1 amide bonds. The average Bonchev–Trinajstić information content (AvgIpc) is 2.69. The van der Waals surface area contributed by atoms with Gasteiger partial charge in [0, 0.05) is 44.0 Å². The van der Waals surface area contributed by atoms with Gasteiger partial charge in [0.25, 0.3) is 11.6 Å². The molecule has 0 aromatic heterocycles. The van der Waals surface area contributed by atoms with Crippen molar-refractivity contribution in [1.82, 2.24) is 4.90 Å². The topological polar surface area (TPSA) is 75.9 Å². The van der Waals surface area contributed by atoms with E-state index in [1.165, 1.54) is 12.1 Å². The number of carbonyl (C=O) groups excluding carboxylic acids is 1. The Morgan fingerprint density at radius 2 is 1.57 bits per heavy atom. The van der Waals surface area contributed by atoms with E-state index in [9.17, 15) is 14.9 Å². The molecule has 0 N–H and O–H groups in total. The molecule has 3 rings (SSSR count). The lowest BCUT2D eigenvalue weighted by Gasteiger charge is -2.39. The molecule has 1 aliphatic rings. The molecule has 0 atom stereocenters. The van der Waals surface area contributed by atoms with Crippen molar-refractivity contribution in [2.75, 3.05) is 31.1 Å². The van der Waals surface area contributed by atoms with Crippen molar-refractivity contribution in [1.29, 1.82) is 0 Å². The number of nitro benzene ring substituents is 1. The molecule has 0 unspecified atom stereocenters. The van der Waals surface area contributed by atoms with E-state index in [1.807, 2.05) is 36.1 Å². The number of hydrogen-bond donors (Lipinski definition) is 0. The van der Waals surface area contributed by atoms with Crippen LogP contribution in [-0.4, -0.2) is 47.5 Å². The largest absolute Gasteiger partial charge is 0.478 e. The summed E-state index contributed by atoms with van der Waals surface area (Å²) in [4.78, 5) is 27.3. The Labute approximate surface area is 164 Å². The van der Waals surface area contributed by atoms with E-state index in [2.05, 4.69) is 4.90 Å². The first kappa shape index (κ1) is 19.7. The molecule has 2 aromatic rings. The SMILES string of the molecule is Cc1ccc(OC(C)(C)C(=O)N2CCN(c3ccc([N+](=O)[O-])cc3)CC2)cc1. The maximum absolute atomic E-state index is 13.0. The summed E-state index contributed by atoms with van der Waals surface area (Å²) in [6.45, 7) is 8.08. The predicted molar refractivity (Wildman–Crippen MR) is 108 cm³/mol. The summed E-state index contributed by atoms with van der Waals surface area (Å²) in [7, 11) is 0. The highest BCUT2D eigenvalue weighted by Crippen LogP contribution is 2.24. The highest BCUT2D eigenvalue weighted by atomic mass is 16.6. The Bertz CT molecular complexity index is 839. The fraction of sp³-hybridized carbons (Fsp3) is 0.381. The van der Waals surface area contributed by atoms with E-state index < -0.39 is 10.5 Å². The number of piperazine rings is 1. The molecule has 0 radical (unpaired) electrons. The van der Waals surface area contributed by atoms with Gasteiger partial charge in [-0.1, -0.05) is 17.7 Å². The summed E-state index contributed by atoms with van der Waals surface area (Å²) in [5, 5.41) is 10.8. The van der Waals surface area contributed by atoms with Gasteiger partial charge in [-0.3, -0.25) is 14.9 Å². The molecule has 148 valence electrons. The van der Waals surface area contributed by atoms with Gasteiger partial charge in [0.15, 0.2) is 5.60 Å². The van der Waals surface area contributed by atoms with Gasteiger partial charge < -0.3 is 14.5 Å². The number of nitro groups is 1. The van der Waals surface area contributed by atoms with Crippen LogP contribution < -0.4 is 9.64 Å². The minimum atomic E-state index is -0.954. The van der Waals surface area contributed by atoms with Crippen molar-refractivity contribution < 1.29 is 14.5 Å². The van der Waals surface area contributed by atoms with Crippen LogP contribution in [0.25, 0.3) is 0 Å². The summed E-state index contributed by atoms with van der Waals surface area (Å²) in [5.41, 5.74) is 1.18. The molecule has 2 aromatic carbocycles. The first-order valence-corrected chi connectivity index (χ1v) is 9.31. The molecule has 0 aliphatic carbocycles. The number of anilines is 1. The molecular formula is C21H25N3O4. The number of non-ortho nitro benzene ring substituents is 1. The fourth-order valence-corrected chi connectivity index (χ4v) is 3.28. The van der Waals surface area contributed by atoms with Crippen LogP contribution >= 0.6 is 0 Å². The van der Waals surface area contributed by atoms with Gasteiger partial charge in [-0.25, -0.2) is 0 Å². The quantitative estimate of drug-likeness (QED) is 0.584. The van der Waals surface area contributed by atoms with Crippen molar-refractivity contribution in [3.05, 3.63) is 64.2 Å². The highest BCUT2D eigenvalue weighted by molar-refractivity contribution is 5.85. The van der Waals surface area contributed by atoms with Gasteiger partial charge in [-0.2, -0.15) is 0 Å². The van der Waals surface area contributed by atoms with E-state index >= 15 is 0 Å². The second-order valence-electron chi connectivity index (χ2n) is 7.48. The maximum Gasteiger partial charge on any atom is 0.269 e. The van der Waals surface area contributed by atoms with Crippen LogP contribution in [0.5, 0.6) is 5.75 Å². The van der Waals surface area contributed by atoms with Crippen molar-refractivity contribution in [3.63, 3.8) is 0 Å². The molecule has 1 heterocycles. The smallest absolute Gasteiger partial charge is 0.269 e. The standard InChI is InChI=1S/C21H25N3O4/c1-16-4-10-19(11-5-16)28-21(2,3)20(25)23-14-12-22(13-15-23)17-6-8-18(9-7-17)24(26)27/h4-11H,12-15H2,1-3H3. The zero-order valence-corrected chi connectivity index (χ0v) is 16.4. The van der Waals surface area contributed by atoms with E-state index in [0.717, 1.165) is 11.3 Å². The minimum Gasteiger partial charge on any atom is -0.478 e. The second-order valence-corrected chi connectivity index (χ2v) is 7.48. The Hall–Kier alpha value is -3.09. The second kappa shape index (κ2) is 7.88. The van der Waals surface area contributed by atoms with Crippen LogP contribution in [0.4, 0.5) is 11.4 Å². The molecule has 1 aliphatic heterocycles. The summed E-state index contributed by atoms with van der Waals surface area (Å²) < 4.78 is 5.95. The molecule has 0 bridgehead atoms. The molecule has 28 heavy (non-hydrogen) atoms. The number of rotatable bonds is 5. The minimum absolute atomic E-state index is 0.0450. The normalized spacial score (nSPS) is 14.7. The molecule has 1 fully saturated rings. The number of aryl methyl sites for hydroxylation is 1. The third-order valence-electron chi connectivity index (χ3n) is 4.90. The van der Waals surface area contributed by atoms with Crippen molar-refractivity contribution in [2.24, 2.45) is 0 Å². The third kappa shape index (κ3) is 4.42. The summed E-state index contributed by atoms with van der Waals surface area (Å²) in [5.74, 6) is 0.630. The zero-order chi connectivity index (χ0) is 20.3. The summed E-state index contributed by atoms with van der Waals surface area (Å²) in [6, 6.07) is 14.2. The number of hydrogen-bond acceptors (Lipinski definition) is 5. The lowest BCUT2D eigenvalue weighted by Crippen LogP contribution is -2.55. The maximum atomic E-state index is 13.0. The molecule has 1 saturated heterocycles. The van der Waals surface area contributed by atoms with Crippen LogP contribution in [0.15, 0.2) is 48.5 Å². The highest BCUT2D eigenvalue weighted by Gasteiger charge is 2.35. The Morgan fingerprint density at radius 3 is 2.11 bits per heavy atom. The van der Waals surface area contributed by atoms with Gasteiger partial charge >= 0.3 is 0 Å². The van der Waals surface area contributed by atoms with E-state index in [-0.39, 0.29) is 11.6 Å². The van der Waals surface area contributed by atoms with Crippen molar-refractivity contribution in [3.8, 4) is 5.75 Å². The molecular weight excluding hydrogens is 358 g/mol. The van der Waals surface area contributed by atoms with Gasteiger partial charge in [0.1, 0.15) is 5.75 Å². The Kier molecular flexibility index (Phi) is 5.53. The molecule has 7 nitrogen and oxygen atoms in total. The predicted octanol–water partition coefficient (Wildman–Crippen LogP) is 3.41. The van der Waals surface area contributed by atoms with E-state index in [1.54, 1.807) is 26.0 Å². The van der Waals surface area contributed by atoms with Crippen molar-refractivity contribution >= 4 is 17.3 Å². The Balaban J connectivity index is 1.59. The van der Waals surface area contributed by atoms with Crippen LogP contribution in [-0.2, 0) is 4.79 Å². The first-order valence-electron chi connectivity index (χ1n) is 9.31. The number of nitrogens with zero attached hydrogens (tertiary/aromatic N) is 3. The molecule has 7 heteroatoms. The number of amides is 1. The summed E-state index contributed by atoms with van der Waals surface area (Å²) >= 11 is 0. The van der Waals surface area contributed by atoms with Crippen LogP contribution in [0.1, 0.15) is 19.4 Å². The van der Waals surface area contributed by atoms with E-state index in [0.29, 0.717) is 31.9 Å². The lowest BCUT2D eigenvalue weighted by atomic mass is 10.1. The van der Waals surface area contributed by atoms with Crippen LogP contribution in [0.2, 0.25) is 0 Å². The molecule has 0 spiro atoms. The fourth-order valence-electron chi connectivity index (χ4n) is 3.28. The van der Waals surface area contributed by atoms with Gasteiger partial charge in [-0.05, 0) is 45.0 Å². The van der Waals surface area contributed by atoms with Gasteiger partial charge in [0.2, 0.25) is 0 Å². The number of carbonyl (C=O) groups is 1. The van der Waals surface area contributed by atoms with Crippen molar-refractivity contribution in [2.45, 2.75) is 26.4 Å². The van der Waals surface area contributed by atoms with Gasteiger partial charge in [-0.15, -0.1) is 0 Å².